The summed E-state index contributed by atoms with van der Waals surface area (Å²) in [6, 6.07) is 10.3. The Kier molecular flexibility index (Phi) is 4.99. The third-order valence-corrected chi connectivity index (χ3v) is 4.92. The van der Waals surface area contributed by atoms with E-state index in [9.17, 15) is 0 Å². The van der Waals surface area contributed by atoms with Gasteiger partial charge in [-0.25, -0.2) is 4.98 Å². The maximum absolute atomic E-state index is 7.61. The molecule has 0 bridgehead atoms. The van der Waals surface area contributed by atoms with E-state index in [1.54, 1.807) is 23.1 Å². The van der Waals surface area contributed by atoms with Crippen molar-refractivity contribution in [1.29, 1.82) is 5.41 Å². The molecule has 3 N–H and O–H groups in total. The quantitative estimate of drug-likeness (QED) is 0.485. The Labute approximate surface area is 121 Å². The van der Waals surface area contributed by atoms with Crippen LogP contribution in [0.5, 0.6) is 0 Å². The summed E-state index contributed by atoms with van der Waals surface area (Å²) in [5, 5.41) is 8.65. The molecule has 0 saturated carbocycles. The van der Waals surface area contributed by atoms with Crippen LogP contribution in [0.3, 0.4) is 0 Å². The molecule has 0 aliphatic rings. The van der Waals surface area contributed by atoms with Crippen molar-refractivity contribution in [3.8, 4) is 0 Å². The van der Waals surface area contributed by atoms with Gasteiger partial charge in [0, 0.05) is 4.90 Å². The zero-order valence-electron chi connectivity index (χ0n) is 10.8. The zero-order valence-corrected chi connectivity index (χ0v) is 12.5. The topological polar surface area (TPSA) is 62.8 Å². The van der Waals surface area contributed by atoms with Gasteiger partial charge in [-0.1, -0.05) is 31.5 Å². The van der Waals surface area contributed by atoms with Gasteiger partial charge >= 0.3 is 0 Å². The van der Waals surface area contributed by atoms with Gasteiger partial charge in [0.25, 0.3) is 0 Å². The molecule has 5 heteroatoms. The number of thioether (sulfide) groups is 1. The molecule has 3 nitrogen and oxygen atoms in total. The molecule has 1 aromatic heterocycles. The summed E-state index contributed by atoms with van der Waals surface area (Å²) in [6.07, 6.45) is 1.91. The van der Waals surface area contributed by atoms with Gasteiger partial charge < -0.3 is 5.73 Å². The van der Waals surface area contributed by atoms with Crippen molar-refractivity contribution >= 4 is 28.9 Å². The molecule has 0 fully saturated rings. The van der Waals surface area contributed by atoms with Gasteiger partial charge in [-0.15, -0.1) is 23.1 Å². The maximum atomic E-state index is 7.61. The lowest BCUT2D eigenvalue weighted by atomic mass is 10.2. The Balaban J connectivity index is 2.08. The number of rotatable bonds is 6. The molecule has 0 atom stereocenters. The minimum Gasteiger partial charge on any atom is -0.383 e. The van der Waals surface area contributed by atoms with Gasteiger partial charge in [0.05, 0.1) is 16.3 Å². The van der Waals surface area contributed by atoms with Crippen LogP contribution in [-0.4, -0.2) is 10.8 Å². The van der Waals surface area contributed by atoms with Gasteiger partial charge in [-0.05, 0) is 18.6 Å². The predicted molar refractivity (Wildman–Crippen MR) is 83.1 cm³/mol. The molecule has 0 spiro atoms. The average Bonchev–Trinajstić information content (AvgIpc) is 2.81. The summed E-state index contributed by atoms with van der Waals surface area (Å²) in [5.74, 6) is 0.968. The molecule has 19 heavy (non-hydrogen) atoms. The van der Waals surface area contributed by atoms with Crippen LogP contribution < -0.4 is 5.73 Å². The molecule has 0 unspecified atom stereocenters. The highest BCUT2D eigenvalue weighted by Gasteiger charge is 2.12. The number of amidine groups is 1. The third kappa shape index (κ3) is 3.81. The van der Waals surface area contributed by atoms with Crippen molar-refractivity contribution in [2.24, 2.45) is 5.73 Å². The number of hydrogen-bond donors (Lipinski definition) is 2. The van der Waals surface area contributed by atoms with Crippen LogP contribution in [0.2, 0.25) is 0 Å². The number of hydrogen-bond acceptors (Lipinski definition) is 4. The van der Waals surface area contributed by atoms with Crippen LogP contribution in [0.25, 0.3) is 0 Å². The summed E-state index contributed by atoms with van der Waals surface area (Å²) in [4.78, 5) is 6.69. The van der Waals surface area contributed by atoms with Crippen LogP contribution in [0.1, 0.15) is 28.9 Å². The predicted octanol–water partition coefficient (Wildman–Crippen LogP) is 3.67. The Hall–Kier alpha value is -1.33. The number of aryl methyl sites for hydroxylation is 1. The van der Waals surface area contributed by atoms with Crippen molar-refractivity contribution in [3.05, 3.63) is 45.9 Å². The highest BCUT2D eigenvalue weighted by atomic mass is 32.2. The van der Waals surface area contributed by atoms with Crippen molar-refractivity contribution in [2.75, 3.05) is 0 Å². The third-order valence-electron chi connectivity index (χ3n) is 2.58. The molecule has 2 aromatic rings. The molecule has 0 aliphatic carbocycles. The molecule has 100 valence electrons. The minimum absolute atomic E-state index is 0.136. The van der Waals surface area contributed by atoms with Crippen LogP contribution in [0.4, 0.5) is 0 Å². The fourth-order valence-corrected chi connectivity index (χ4v) is 3.62. The SMILES string of the molecule is CCCc1nc(CSc2ccccc2)sc1C(=N)N. The van der Waals surface area contributed by atoms with Crippen LogP contribution in [0.15, 0.2) is 35.2 Å². The van der Waals surface area contributed by atoms with E-state index in [0.29, 0.717) is 0 Å². The molecular weight excluding hydrogens is 274 g/mol. The molecule has 0 radical (unpaired) electrons. The van der Waals surface area contributed by atoms with Gasteiger partial charge in [0.2, 0.25) is 0 Å². The van der Waals surface area contributed by atoms with Crippen LogP contribution in [-0.2, 0) is 12.2 Å². The van der Waals surface area contributed by atoms with E-state index in [2.05, 4.69) is 24.0 Å². The standard InChI is InChI=1S/C14H17N3S2/c1-2-6-11-13(14(15)16)19-12(17-11)9-18-10-7-4-3-5-8-10/h3-5,7-8H,2,6,9H2,1H3,(H3,15,16). The van der Waals surface area contributed by atoms with Gasteiger partial charge in [0.1, 0.15) is 10.8 Å². The summed E-state index contributed by atoms with van der Waals surface area (Å²) >= 11 is 3.31. The van der Waals surface area contributed by atoms with Crippen molar-refractivity contribution in [1.82, 2.24) is 4.98 Å². The molecular formula is C14H17N3S2. The normalized spacial score (nSPS) is 10.6. The second-order valence-electron chi connectivity index (χ2n) is 4.15. The molecule has 0 amide bonds. The number of aromatic nitrogens is 1. The number of nitrogens with one attached hydrogen (secondary N) is 1. The number of nitrogen functional groups attached to an aromatic ring is 1. The number of nitrogens with zero attached hydrogens (tertiary/aromatic N) is 1. The lowest BCUT2D eigenvalue weighted by molar-refractivity contribution is 0.884. The van der Waals surface area contributed by atoms with E-state index in [1.165, 1.54) is 4.90 Å². The smallest absolute Gasteiger partial charge is 0.135 e. The first-order valence-corrected chi connectivity index (χ1v) is 8.01. The van der Waals surface area contributed by atoms with E-state index >= 15 is 0 Å². The molecule has 1 aromatic carbocycles. The van der Waals surface area contributed by atoms with Crippen LogP contribution in [0, 0.1) is 5.41 Å². The summed E-state index contributed by atoms with van der Waals surface area (Å²) in [5.41, 5.74) is 6.59. The summed E-state index contributed by atoms with van der Waals surface area (Å²) in [6.45, 7) is 2.11. The van der Waals surface area contributed by atoms with Crippen molar-refractivity contribution in [3.63, 3.8) is 0 Å². The molecule has 2 rings (SSSR count). The van der Waals surface area contributed by atoms with E-state index in [1.807, 2.05) is 18.2 Å². The number of benzene rings is 1. The molecule has 0 saturated heterocycles. The molecule has 1 heterocycles. The van der Waals surface area contributed by atoms with Crippen LogP contribution >= 0.6 is 23.1 Å². The first-order chi connectivity index (χ1) is 9.20. The van der Waals surface area contributed by atoms with E-state index in [0.717, 1.165) is 34.2 Å². The van der Waals surface area contributed by atoms with Gasteiger partial charge in [-0.2, -0.15) is 0 Å². The fourth-order valence-electron chi connectivity index (χ4n) is 1.74. The first-order valence-electron chi connectivity index (χ1n) is 6.21. The highest BCUT2D eigenvalue weighted by molar-refractivity contribution is 7.98. The minimum atomic E-state index is 0.136. The second kappa shape index (κ2) is 6.73. The largest absolute Gasteiger partial charge is 0.383 e. The monoisotopic (exact) mass is 291 g/mol. The first kappa shape index (κ1) is 14.1. The van der Waals surface area contributed by atoms with E-state index in [-0.39, 0.29) is 5.84 Å². The highest BCUT2D eigenvalue weighted by Crippen LogP contribution is 2.27. The lowest BCUT2D eigenvalue weighted by Gasteiger charge is -1.97. The zero-order chi connectivity index (χ0) is 13.7. The number of thiazole rings is 1. The number of nitrogens with two attached hydrogens (primary N) is 1. The van der Waals surface area contributed by atoms with E-state index in [4.69, 9.17) is 11.1 Å². The Bertz CT molecular complexity index is 549. The van der Waals surface area contributed by atoms with E-state index < -0.39 is 0 Å². The Morgan fingerprint density at radius 3 is 2.74 bits per heavy atom. The summed E-state index contributed by atoms with van der Waals surface area (Å²) < 4.78 is 0. The molecule has 0 aliphatic heterocycles. The van der Waals surface area contributed by atoms with Gasteiger partial charge in [0.15, 0.2) is 0 Å². The fraction of sp³-hybridized carbons (Fsp3) is 0.286. The second-order valence-corrected chi connectivity index (χ2v) is 6.28. The average molecular weight is 291 g/mol. The summed E-state index contributed by atoms with van der Waals surface area (Å²) in [7, 11) is 0. The maximum Gasteiger partial charge on any atom is 0.135 e. The van der Waals surface area contributed by atoms with Crippen molar-refractivity contribution in [2.45, 2.75) is 30.4 Å². The Morgan fingerprint density at radius 1 is 1.37 bits per heavy atom. The lowest BCUT2D eigenvalue weighted by Crippen LogP contribution is -2.11. The van der Waals surface area contributed by atoms with Crippen molar-refractivity contribution < 1.29 is 0 Å². The Morgan fingerprint density at radius 2 is 2.11 bits per heavy atom. The van der Waals surface area contributed by atoms with Gasteiger partial charge in [-0.3, -0.25) is 5.41 Å².